The van der Waals surface area contributed by atoms with Crippen LogP contribution in [0.25, 0.3) is 0 Å². The number of nitrogens with two attached hydrogens (primary N) is 1. The van der Waals surface area contributed by atoms with Gasteiger partial charge in [-0.15, -0.1) is 0 Å². The normalized spacial score (nSPS) is 15.2. The molecule has 0 aliphatic carbocycles. The Kier molecular flexibility index (Phi) is 9.87. The molecule has 8 N–H and O–H groups in total. The van der Waals surface area contributed by atoms with E-state index in [1.165, 1.54) is 12.1 Å². The van der Waals surface area contributed by atoms with E-state index < -0.39 is 23.9 Å². The first-order valence-corrected chi connectivity index (χ1v) is 10.1. The van der Waals surface area contributed by atoms with Crippen LogP contribution >= 0.6 is 0 Å². The number of amides is 1. The molecule has 0 saturated carbocycles. The fourth-order valence-electron chi connectivity index (χ4n) is 3.42. The summed E-state index contributed by atoms with van der Waals surface area (Å²) < 4.78 is 0. The number of hydrogen-bond acceptors (Lipinski definition) is 9. The molecule has 3 rings (SSSR count). The molecule has 1 amide bonds. The predicted octanol–water partition coefficient (Wildman–Crippen LogP) is -0.638. The van der Waals surface area contributed by atoms with Crippen LogP contribution in [0.4, 0.5) is 23.1 Å². The van der Waals surface area contributed by atoms with Gasteiger partial charge in [-0.1, -0.05) is 0 Å². The molecule has 13 nitrogen and oxygen atoms in total. The summed E-state index contributed by atoms with van der Waals surface area (Å²) in [6.07, 6.45) is -0.586. The van der Waals surface area contributed by atoms with E-state index in [9.17, 15) is 24.3 Å². The average Bonchev–Trinajstić information content (AvgIpc) is 2.75. The van der Waals surface area contributed by atoms with Crippen molar-refractivity contribution in [1.82, 2.24) is 15.3 Å². The van der Waals surface area contributed by atoms with Crippen LogP contribution in [0.5, 0.6) is 0 Å². The second-order valence-electron chi connectivity index (χ2n) is 7.55. The number of rotatable bonds is 9. The quantitative estimate of drug-likeness (QED) is 0.217. The molecule has 2 aromatic rings. The zero-order chi connectivity index (χ0) is 24.1. The van der Waals surface area contributed by atoms with Crippen molar-refractivity contribution < 1.29 is 24.6 Å². The number of hydrogen-bond donors (Lipinski definition) is 7. The first kappa shape index (κ1) is 27.6. The fraction of sp³-hybridized carbons (Fsp3) is 0.350. The number of carbonyl (C=O) groups excluding carboxylic acids is 1. The van der Waals surface area contributed by atoms with Crippen LogP contribution in [0.3, 0.4) is 0 Å². The summed E-state index contributed by atoms with van der Waals surface area (Å²) >= 11 is 0. The van der Waals surface area contributed by atoms with Crippen molar-refractivity contribution in [2.24, 2.45) is 0 Å². The first-order valence-electron chi connectivity index (χ1n) is 10.1. The zero-order valence-electron chi connectivity index (χ0n) is 18.8. The van der Waals surface area contributed by atoms with E-state index in [0.29, 0.717) is 24.6 Å². The van der Waals surface area contributed by atoms with Gasteiger partial charge in [0.2, 0.25) is 5.95 Å². The van der Waals surface area contributed by atoms with E-state index in [1.54, 1.807) is 19.2 Å². The number of nitrogens with zero attached hydrogens (tertiary/aromatic N) is 2. The van der Waals surface area contributed by atoms with Crippen LogP contribution in [-0.2, 0) is 9.59 Å². The van der Waals surface area contributed by atoms with E-state index in [4.69, 9.17) is 10.8 Å². The van der Waals surface area contributed by atoms with Gasteiger partial charge in [0, 0.05) is 89.2 Å². The summed E-state index contributed by atoms with van der Waals surface area (Å²) in [7, 11) is 1.79. The van der Waals surface area contributed by atoms with Gasteiger partial charge in [0.05, 0.1) is 6.04 Å². The molecule has 1 aromatic carbocycles. The Balaban J connectivity index is 0.00000408. The Labute approximate surface area is 236 Å². The number of carbonyl (C=O) groups is 3. The number of carboxylic acid groups (broad SMARTS) is 2. The molecule has 1 aromatic heterocycles. The molecule has 2 heterocycles. The van der Waals surface area contributed by atoms with Gasteiger partial charge in [0.1, 0.15) is 11.7 Å². The number of fused-ring (bicyclic) bond motifs is 1. The summed E-state index contributed by atoms with van der Waals surface area (Å²) in [6, 6.07) is 5.03. The zero-order valence-corrected chi connectivity index (χ0v) is 21.9. The summed E-state index contributed by atoms with van der Waals surface area (Å²) in [5.41, 5.74) is 6.59. The third kappa shape index (κ3) is 6.93. The summed E-state index contributed by atoms with van der Waals surface area (Å²) in [6.45, 7) is 1.01. The third-order valence-electron chi connectivity index (χ3n) is 5.26. The van der Waals surface area contributed by atoms with Crippen LogP contribution in [0, 0.1) is 0 Å². The van der Waals surface area contributed by atoms with Gasteiger partial charge in [-0.2, -0.15) is 4.98 Å². The first-order chi connectivity index (χ1) is 15.7. The van der Waals surface area contributed by atoms with Crippen molar-refractivity contribution in [2.45, 2.75) is 24.9 Å². The topological polar surface area (TPSA) is 203 Å². The Morgan fingerprint density at radius 1 is 1.26 bits per heavy atom. The number of aliphatic carboxylic acids is 2. The van der Waals surface area contributed by atoms with E-state index in [-0.39, 0.29) is 87.3 Å². The number of carboxylic acids is 2. The van der Waals surface area contributed by atoms with E-state index in [2.05, 4.69) is 25.9 Å². The molecule has 34 heavy (non-hydrogen) atoms. The van der Waals surface area contributed by atoms with Gasteiger partial charge >= 0.3 is 11.9 Å². The number of benzene rings is 1. The summed E-state index contributed by atoms with van der Waals surface area (Å²) in [5.74, 6) is -2.59. The van der Waals surface area contributed by atoms with Crippen molar-refractivity contribution in [3.8, 4) is 0 Å². The molecule has 1 aliphatic rings. The molecule has 1 unspecified atom stereocenters. The minimum Gasteiger partial charge on any atom is -0.481 e. The van der Waals surface area contributed by atoms with E-state index in [0.717, 1.165) is 5.69 Å². The number of H-pyrrole nitrogens is 1. The molecule has 2 atom stereocenters. The Morgan fingerprint density at radius 3 is 2.56 bits per heavy atom. The molecule has 177 valence electrons. The van der Waals surface area contributed by atoms with Crippen molar-refractivity contribution in [3.05, 3.63) is 40.2 Å². The molecular weight excluding hydrogens is 473 g/mol. The summed E-state index contributed by atoms with van der Waals surface area (Å²) in [5, 5.41) is 26.6. The number of nitrogens with one attached hydrogen (secondary N) is 4. The number of aromatic amines is 1. The molecule has 1 aliphatic heterocycles. The smallest absolute Gasteiger partial charge is 0.326 e. The van der Waals surface area contributed by atoms with Crippen LogP contribution in [0.2, 0.25) is 0 Å². The molecule has 14 heteroatoms. The van der Waals surface area contributed by atoms with Gasteiger partial charge in [0.15, 0.2) is 5.82 Å². The maximum atomic E-state index is 12.3. The molecule has 1 radical (unpaired) electrons. The van der Waals surface area contributed by atoms with Gasteiger partial charge in [-0.3, -0.25) is 19.4 Å². The van der Waals surface area contributed by atoms with E-state index in [1.807, 2.05) is 4.90 Å². The van der Waals surface area contributed by atoms with Gasteiger partial charge < -0.3 is 36.8 Å². The SMILES string of the molecule is CN1c2c(nc(N)[nH]c2=O)NCC1CNc1ccc(C(=O)N[C@@H](CCC(=O)O)C(=O)O)cc1.[K]. The van der Waals surface area contributed by atoms with Crippen molar-refractivity contribution in [3.63, 3.8) is 0 Å². The monoisotopic (exact) mass is 498 g/mol. The van der Waals surface area contributed by atoms with E-state index >= 15 is 0 Å². The van der Waals surface area contributed by atoms with Crippen molar-refractivity contribution >= 4 is 92.4 Å². The molecule has 0 bridgehead atoms. The second-order valence-corrected chi connectivity index (χ2v) is 7.55. The van der Waals surface area contributed by atoms with Crippen LogP contribution in [0.15, 0.2) is 29.1 Å². The molecule has 0 spiro atoms. The van der Waals surface area contributed by atoms with Gasteiger partial charge in [-0.25, -0.2) is 4.79 Å². The predicted molar refractivity (Wildman–Crippen MR) is 126 cm³/mol. The number of nitrogen functional groups attached to an aromatic ring is 1. The van der Waals surface area contributed by atoms with Crippen LogP contribution in [-0.4, -0.2) is 122 Å². The Bertz CT molecular complexity index is 1110. The van der Waals surface area contributed by atoms with Gasteiger partial charge in [0.25, 0.3) is 11.5 Å². The summed E-state index contributed by atoms with van der Waals surface area (Å²) in [4.78, 5) is 54.9. The minimum atomic E-state index is -1.30. The fourth-order valence-corrected chi connectivity index (χ4v) is 3.42. The number of anilines is 4. The van der Waals surface area contributed by atoms with Crippen molar-refractivity contribution in [2.75, 3.05) is 41.4 Å². The Morgan fingerprint density at radius 2 is 1.94 bits per heavy atom. The maximum absolute atomic E-state index is 12.3. The second kappa shape index (κ2) is 12.2. The van der Waals surface area contributed by atoms with Crippen molar-refractivity contribution in [1.29, 1.82) is 0 Å². The molecule has 0 saturated heterocycles. The van der Waals surface area contributed by atoms with Gasteiger partial charge in [-0.05, 0) is 30.7 Å². The molecular formula is C20H25KN7O6. The largest absolute Gasteiger partial charge is 0.481 e. The average molecular weight is 499 g/mol. The third-order valence-corrected chi connectivity index (χ3v) is 5.26. The molecule has 0 fully saturated rings. The van der Waals surface area contributed by atoms with Crippen LogP contribution in [0.1, 0.15) is 23.2 Å². The number of likely N-dealkylation sites (N-methyl/N-ethyl adjacent to an activating group) is 1. The Hall–Kier alpha value is -2.65. The van der Waals surface area contributed by atoms with Crippen LogP contribution < -0.4 is 32.1 Å². The standard InChI is InChI=1S/C20H25N7O6.K/c1-27-12(9-23-16-15(27)18(31)26-20(21)25-16)8-22-11-4-2-10(3-5-11)17(30)24-13(19(32)33)6-7-14(28)29;/h2-5,12-13,22H,6-9H2,1H3,(H,24,30)(H,28,29)(H,32,33)(H4,21,23,25,26,31);/t12?,13-;/m0./s1. The maximum Gasteiger partial charge on any atom is 0.326 e. The minimum absolute atomic E-state index is 0. The number of aromatic nitrogens is 2.